The maximum atomic E-state index is 12.4. The zero-order chi connectivity index (χ0) is 43.7. The highest BCUT2D eigenvalue weighted by atomic mass is 16.6. The molecule has 0 N–H and O–H groups in total. The number of nitro benzene ring substituents is 2. The van der Waals surface area contributed by atoms with Crippen LogP contribution in [0.2, 0.25) is 0 Å². The first-order valence-electron chi connectivity index (χ1n) is 18.6. The van der Waals surface area contributed by atoms with E-state index < -0.39 is 9.85 Å². The average Bonchev–Trinajstić information content (AvgIpc) is 3.86. The Kier molecular flexibility index (Phi) is 10.9. The van der Waals surface area contributed by atoms with Gasteiger partial charge in [0.2, 0.25) is 22.1 Å². The summed E-state index contributed by atoms with van der Waals surface area (Å²) < 4.78 is 5.10. The number of aromatic nitrogens is 9. The topological polar surface area (TPSA) is 230 Å². The molecule has 0 saturated heterocycles. The number of rotatable bonds is 6. The van der Waals surface area contributed by atoms with Crippen molar-refractivity contribution in [2.45, 2.75) is 34.6 Å². The third-order valence-electron chi connectivity index (χ3n) is 9.72. The van der Waals surface area contributed by atoms with Crippen LogP contribution in [-0.2, 0) is 0 Å². The Morgan fingerprint density at radius 2 is 1.02 bits per heavy atom. The second kappa shape index (κ2) is 16.4. The average molecular weight is 824 g/mol. The number of benzene rings is 6. The van der Waals surface area contributed by atoms with Gasteiger partial charge in [0.05, 0.1) is 44.4 Å². The number of hydrogen-bond acceptors (Lipinski definition) is 11. The Labute approximate surface area is 346 Å². The highest BCUT2D eigenvalue weighted by molar-refractivity contribution is 5.77. The molecule has 0 fully saturated rings. The minimum Gasteiger partial charge on any atom is -0.692 e. The van der Waals surface area contributed by atoms with Gasteiger partial charge in [0.1, 0.15) is 22.8 Å². The lowest BCUT2D eigenvalue weighted by atomic mass is 10.2. The fourth-order valence-corrected chi connectivity index (χ4v) is 6.54. The molecule has 9 aromatic rings. The monoisotopic (exact) mass is 823 g/mol. The predicted molar refractivity (Wildman–Crippen MR) is 224 cm³/mol. The Balaban J connectivity index is 0.000000138. The second-order valence-corrected chi connectivity index (χ2v) is 14.1. The number of para-hydroxylation sites is 1. The molecule has 0 atom stereocenters. The van der Waals surface area contributed by atoms with E-state index in [4.69, 9.17) is 4.74 Å². The first kappa shape index (κ1) is 40.7. The lowest BCUT2D eigenvalue weighted by Crippen LogP contribution is -2.37. The fraction of sp³-hybridized carbons (Fsp3) is 0.143. The van der Waals surface area contributed by atoms with Gasteiger partial charge in [0, 0.05) is 23.3 Å². The molecule has 0 saturated carbocycles. The van der Waals surface area contributed by atoms with Crippen molar-refractivity contribution >= 4 is 44.5 Å². The van der Waals surface area contributed by atoms with E-state index in [1.165, 1.54) is 26.5 Å². The van der Waals surface area contributed by atoms with E-state index in [2.05, 4.69) is 15.3 Å². The van der Waals surface area contributed by atoms with Crippen molar-refractivity contribution in [2.75, 3.05) is 7.11 Å². The molecular weight excluding hydrogens is 787 g/mol. The molecule has 0 aliphatic carbocycles. The molecule has 0 bridgehead atoms. The summed E-state index contributed by atoms with van der Waals surface area (Å²) in [6, 6.07) is 33.1. The van der Waals surface area contributed by atoms with Crippen molar-refractivity contribution in [3.05, 3.63) is 179 Å². The highest BCUT2D eigenvalue weighted by Gasteiger charge is 2.24. The van der Waals surface area contributed by atoms with Crippen molar-refractivity contribution in [1.82, 2.24) is 29.7 Å². The van der Waals surface area contributed by atoms with Crippen LogP contribution in [0.3, 0.4) is 0 Å². The molecule has 0 aliphatic rings. The maximum Gasteiger partial charge on any atom is 0.276 e. The maximum absolute atomic E-state index is 12.4. The van der Waals surface area contributed by atoms with E-state index in [1.54, 1.807) is 69.5 Å². The molecule has 308 valence electrons. The summed E-state index contributed by atoms with van der Waals surface area (Å²) in [4.78, 5) is 26.6. The van der Waals surface area contributed by atoms with Gasteiger partial charge in [-0.1, -0.05) is 36.4 Å². The van der Waals surface area contributed by atoms with E-state index >= 15 is 0 Å². The standard InChI is InChI=1S/2C14H12N4O3.C14H13N3O2/c1-9-4-3-5-11(6-9)16-15-12-7-10(2)13(18(20)21)8-14(12)17(16)19;1-9-5-3-4-6-12(9)16-15-11-7-10(2)13(18(20)21)8-14(11)17(16)19;1-10-3-8-13-14(9-10)17(18)16(15-13)11-4-6-12(19-2)7-5-11/h2*3-8H,1-2H3;3-9H,1-2H3. The minimum atomic E-state index is -0.501. The summed E-state index contributed by atoms with van der Waals surface area (Å²) in [6.07, 6.45) is 0. The number of hydrogen-bond donors (Lipinski definition) is 0. The predicted octanol–water partition coefficient (Wildman–Crippen LogP) is 6.34. The lowest BCUT2D eigenvalue weighted by molar-refractivity contribution is -0.664. The van der Waals surface area contributed by atoms with Crippen molar-refractivity contribution in [3.8, 4) is 22.8 Å². The summed E-state index contributed by atoms with van der Waals surface area (Å²) in [5.41, 5.74) is 8.09. The summed E-state index contributed by atoms with van der Waals surface area (Å²) in [5, 5.41) is 71.6. The number of nitro groups is 2. The van der Waals surface area contributed by atoms with Gasteiger partial charge in [0.25, 0.3) is 22.4 Å². The van der Waals surface area contributed by atoms with Crippen LogP contribution in [0.4, 0.5) is 11.4 Å². The Morgan fingerprint density at radius 1 is 0.508 bits per heavy atom. The number of methoxy groups -OCH3 is 1. The number of fused-ring (bicyclic) bond motifs is 3. The van der Waals surface area contributed by atoms with E-state index in [9.17, 15) is 35.9 Å². The Morgan fingerprint density at radius 3 is 1.57 bits per heavy atom. The molecule has 19 heteroatoms. The smallest absolute Gasteiger partial charge is 0.276 e. The second-order valence-electron chi connectivity index (χ2n) is 14.1. The van der Waals surface area contributed by atoms with Gasteiger partial charge >= 0.3 is 0 Å². The molecule has 0 aliphatic heterocycles. The van der Waals surface area contributed by atoms with Gasteiger partial charge in [-0.15, -0.1) is 14.5 Å². The molecule has 0 spiro atoms. The van der Waals surface area contributed by atoms with Gasteiger partial charge in [-0.2, -0.15) is 0 Å². The van der Waals surface area contributed by atoms with Crippen molar-refractivity contribution in [1.29, 1.82) is 0 Å². The van der Waals surface area contributed by atoms with Gasteiger partial charge in [-0.3, -0.25) is 20.2 Å². The molecular formula is C42H37N11O8. The molecule has 9 rings (SSSR count). The van der Waals surface area contributed by atoms with Gasteiger partial charge < -0.3 is 20.4 Å². The molecule has 3 heterocycles. The van der Waals surface area contributed by atoms with Gasteiger partial charge in [-0.05, 0) is 120 Å². The van der Waals surface area contributed by atoms with Crippen LogP contribution in [0.1, 0.15) is 27.8 Å². The summed E-state index contributed by atoms with van der Waals surface area (Å²) in [7, 11) is 1.60. The third-order valence-corrected chi connectivity index (χ3v) is 9.72. The third kappa shape index (κ3) is 8.02. The van der Waals surface area contributed by atoms with Crippen LogP contribution >= 0.6 is 0 Å². The molecule has 6 aromatic carbocycles. The van der Waals surface area contributed by atoms with Crippen LogP contribution in [0.15, 0.2) is 115 Å². The molecule has 0 unspecified atom stereocenters. The van der Waals surface area contributed by atoms with Crippen molar-refractivity contribution in [3.63, 3.8) is 0 Å². The SMILES string of the molecule is COc1ccc(-n2nc3ccc(C)cc3[n+]2[O-])cc1.Cc1cccc(-n2nc3cc(C)c([N+](=O)[O-])cc3[n+]2[O-])c1.Cc1ccccc1-n1nc2cc(C)c([N+](=O)[O-])cc2[n+]1[O-]. The molecule has 0 radical (unpaired) electrons. The molecule has 0 amide bonds. The van der Waals surface area contributed by atoms with E-state index in [1.807, 2.05) is 75.4 Å². The Bertz CT molecular complexity index is 3140. The lowest BCUT2D eigenvalue weighted by Gasteiger charge is -2.05. The van der Waals surface area contributed by atoms with Gasteiger partial charge in [0.15, 0.2) is 0 Å². The van der Waals surface area contributed by atoms with E-state index in [0.29, 0.717) is 59.9 Å². The van der Waals surface area contributed by atoms with Crippen molar-refractivity contribution in [2.24, 2.45) is 0 Å². The molecule has 61 heavy (non-hydrogen) atoms. The summed E-state index contributed by atoms with van der Waals surface area (Å²) in [5.74, 6) is 0.744. The van der Waals surface area contributed by atoms with Crippen molar-refractivity contribution < 1.29 is 29.1 Å². The highest BCUT2D eigenvalue weighted by Crippen LogP contribution is 2.25. The first-order chi connectivity index (χ1) is 29.1. The minimum absolute atomic E-state index is 0.0866. The first-order valence-corrected chi connectivity index (χ1v) is 18.6. The molecule has 19 nitrogen and oxygen atoms in total. The molecule has 3 aromatic heterocycles. The van der Waals surface area contributed by atoms with Crippen LogP contribution in [0, 0.1) is 70.5 Å². The fourth-order valence-electron chi connectivity index (χ4n) is 6.54. The summed E-state index contributed by atoms with van der Waals surface area (Å²) in [6.45, 7) is 8.98. The largest absolute Gasteiger partial charge is 0.692 e. The normalized spacial score (nSPS) is 10.9. The summed E-state index contributed by atoms with van der Waals surface area (Å²) >= 11 is 0. The Hall–Kier alpha value is -8.48. The number of nitrogens with zero attached hydrogens (tertiary/aromatic N) is 11. The van der Waals surface area contributed by atoms with Crippen LogP contribution in [0.25, 0.3) is 50.2 Å². The van der Waals surface area contributed by atoms with E-state index in [-0.39, 0.29) is 22.4 Å². The van der Waals surface area contributed by atoms with Crippen LogP contribution in [-0.4, -0.2) is 46.6 Å². The number of aryl methyl sites for hydroxylation is 5. The zero-order valence-electron chi connectivity index (χ0n) is 33.7. The van der Waals surface area contributed by atoms with Crippen LogP contribution < -0.4 is 19.3 Å². The van der Waals surface area contributed by atoms with E-state index in [0.717, 1.165) is 27.3 Å². The van der Waals surface area contributed by atoms with Gasteiger partial charge in [-0.25, -0.2) is 0 Å². The van der Waals surface area contributed by atoms with Crippen LogP contribution in [0.5, 0.6) is 5.75 Å². The number of ether oxygens (including phenoxy) is 1. The quantitative estimate of drug-likeness (QED) is 0.0777. The zero-order valence-corrected chi connectivity index (χ0v) is 33.7.